The molecule has 0 spiro atoms. The van der Waals surface area contributed by atoms with Crippen molar-refractivity contribution in [2.45, 2.75) is 37.8 Å². The molecule has 88 valence electrons. The number of nitrogens with one attached hydrogen (secondary N) is 1. The summed E-state index contributed by atoms with van der Waals surface area (Å²) in [5, 5.41) is 17.7. The molecular formula is C8H15NO5S. The quantitative estimate of drug-likeness (QED) is 0.599. The number of aliphatic hydroxyl groups excluding tert-OH is 1. The van der Waals surface area contributed by atoms with E-state index in [1.165, 1.54) is 0 Å². The first-order chi connectivity index (χ1) is 6.89. The molecule has 0 aromatic heterocycles. The first-order valence-electron chi connectivity index (χ1n) is 4.79. The number of carboxylic acid groups (broad SMARTS) is 1. The van der Waals surface area contributed by atoms with Crippen LogP contribution in [0, 0.1) is 0 Å². The Bertz CT molecular complexity index is 326. The van der Waals surface area contributed by atoms with Crippen LogP contribution in [-0.4, -0.2) is 42.5 Å². The van der Waals surface area contributed by atoms with Gasteiger partial charge < -0.3 is 10.2 Å². The fraction of sp³-hybridized carbons (Fsp3) is 0.875. The van der Waals surface area contributed by atoms with Crippen LogP contribution in [0.1, 0.15) is 25.7 Å². The third kappa shape index (κ3) is 4.59. The Morgan fingerprint density at radius 3 is 2.60 bits per heavy atom. The van der Waals surface area contributed by atoms with Gasteiger partial charge in [0, 0.05) is 6.04 Å². The number of carbonyl (C=O) groups is 1. The van der Waals surface area contributed by atoms with Gasteiger partial charge in [-0.3, -0.25) is 4.79 Å². The molecule has 1 fully saturated rings. The van der Waals surface area contributed by atoms with Crippen LogP contribution in [0.3, 0.4) is 0 Å². The van der Waals surface area contributed by atoms with E-state index >= 15 is 0 Å². The second kappa shape index (κ2) is 4.91. The van der Waals surface area contributed by atoms with Crippen LogP contribution in [0.2, 0.25) is 0 Å². The maximum atomic E-state index is 11.2. The minimum absolute atomic E-state index is 0.335. The van der Waals surface area contributed by atoms with Gasteiger partial charge in [-0.05, 0) is 25.7 Å². The average molecular weight is 237 g/mol. The van der Waals surface area contributed by atoms with Crippen LogP contribution in [0.15, 0.2) is 0 Å². The van der Waals surface area contributed by atoms with Gasteiger partial charge >= 0.3 is 5.97 Å². The second-order valence-corrected chi connectivity index (χ2v) is 5.54. The molecule has 0 saturated heterocycles. The fourth-order valence-electron chi connectivity index (χ4n) is 1.73. The van der Waals surface area contributed by atoms with Crippen molar-refractivity contribution in [1.29, 1.82) is 0 Å². The van der Waals surface area contributed by atoms with E-state index in [-0.39, 0.29) is 6.04 Å². The van der Waals surface area contributed by atoms with Crippen LogP contribution in [-0.2, 0) is 14.8 Å². The predicted molar refractivity (Wildman–Crippen MR) is 52.8 cm³/mol. The van der Waals surface area contributed by atoms with Crippen LogP contribution in [0.25, 0.3) is 0 Å². The molecule has 7 heteroatoms. The molecule has 0 aromatic carbocycles. The summed E-state index contributed by atoms with van der Waals surface area (Å²) >= 11 is 0. The van der Waals surface area contributed by atoms with E-state index in [9.17, 15) is 18.3 Å². The largest absolute Gasteiger partial charge is 0.480 e. The summed E-state index contributed by atoms with van der Waals surface area (Å²) in [6.07, 6.45) is 1.95. The Hall–Kier alpha value is -0.660. The summed E-state index contributed by atoms with van der Waals surface area (Å²) < 4.78 is 24.8. The third-order valence-electron chi connectivity index (χ3n) is 2.31. The molecular weight excluding hydrogens is 222 g/mol. The van der Waals surface area contributed by atoms with Gasteiger partial charge in [-0.25, -0.2) is 13.1 Å². The molecule has 0 radical (unpaired) electrons. The summed E-state index contributed by atoms with van der Waals surface area (Å²) in [5.41, 5.74) is 0. The molecule has 1 aliphatic carbocycles. The van der Waals surface area contributed by atoms with E-state index in [0.717, 1.165) is 6.42 Å². The number of hydrogen-bond donors (Lipinski definition) is 3. The number of hydrogen-bond acceptors (Lipinski definition) is 4. The predicted octanol–water partition coefficient (Wildman–Crippen LogP) is -0.706. The molecule has 1 rings (SSSR count). The minimum atomic E-state index is -3.76. The van der Waals surface area contributed by atoms with Crippen molar-refractivity contribution in [2.24, 2.45) is 0 Å². The summed E-state index contributed by atoms with van der Waals surface area (Å²) in [6.45, 7) is 0. The Labute approximate surface area is 88.3 Å². The van der Waals surface area contributed by atoms with Crippen molar-refractivity contribution in [3.63, 3.8) is 0 Å². The van der Waals surface area contributed by atoms with Crippen molar-refractivity contribution < 1.29 is 23.4 Å². The molecule has 6 nitrogen and oxygen atoms in total. The Morgan fingerprint density at radius 1 is 1.40 bits per heavy atom. The molecule has 3 N–H and O–H groups in total. The molecule has 15 heavy (non-hydrogen) atoms. The zero-order chi connectivity index (χ0) is 11.5. The van der Waals surface area contributed by atoms with Crippen LogP contribution >= 0.6 is 0 Å². The summed E-state index contributed by atoms with van der Waals surface area (Å²) in [4.78, 5) is 10.3. The summed E-state index contributed by atoms with van der Waals surface area (Å²) in [5.74, 6) is -2.29. The lowest BCUT2D eigenvalue weighted by atomic mass is 9.94. The van der Waals surface area contributed by atoms with Crippen molar-refractivity contribution in [1.82, 2.24) is 4.72 Å². The number of sulfonamides is 1. The van der Waals surface area contributed by atoms with Gasteiger partial charge in [0.2, 0.25) is 10.0 Å². The van der Waals surface area contributed by atoms with Crippen molar-refractivity contribution in [3.8, 4) is 0 Å². The van der Waals surface area contributed by atoms with E-state index in [2.05, 4.69) is 4.72 Å². The van der Waals surface area contributed by atoms with E-state index in [4.69, 9.17) is 5.11 Å². The van der Waals surface area contributed by atoms with Crippen molar-refractivity contribution >= 4 is 16.0 Å². The number of carboxylic acids is 1. The third-order valence-corrected chi connectivity index (χ3v) is 3.63. The van der Waals surface area contributed by atoms with Gasteiger partial charge in [0.1, 0.15) is 0 Å². The summed E-state index contributed by atoms with van der Waals surface area (Å²) in [7, 11) is -3.76. The van der Waals surface area contributed by atoms with Crippen molar-refractivity contribution in [2.75, 3.05) is 5.75 Å². The topological polar surface area (TPSA) is 104 Å². The average Bonchev–Trinajstić information content (AvgIpc) is 1.99. The smallest absolute Gasteiger partial charge is 0.320 e. The summed E-state index contributed by atoms with van der Waals surface area (Å²) in [6, 6.07) is -0.335. The molecule has 1 saturated carbocycles. The lowest BCUT2D eigenvalue weighted by Crippen LogP contribution is -2.41. The first-order valence-corrected chi connectivity index (χ1v) is 6.44. The Balaban J connectivity index is 2.49. The first kappa shape index (κ1) is 12.4. The highest BCUT2D eigenvalue weighted by molar-refractivity contribution is 7.90. The molecule has 2 unspecified atom stereocenters. The van der Waals surface area contributed by atoms with E-state index in [1.807, 2.05) is 0 Å². The highest BCUT2D eigenvalue weighted by Gasteiger charge is 2.25. The number of aliphatic hydroxyl groups is 1. The fourth-order valence-corrected chi connectivity index (χ4v) is 2.86. The van der Waals surface area contributed by atoms with Gasteiger partial charge in [-0.2, -0.15) is 0 Å². The molecule has 0 bridgehead atoms. The highest BCUT2D eigenvalue weighted by Crippen LogP contribution is 2.18. The molecule has 2 atom stereocenters. The number of aliphatic carboxylic acids is 1. The van der Waals surface area contributed by atoms with Crippen LogP contribution in [0.5, 0.6) is 0 Å². The van der Waals surface area contributed by atoms with Gasteiger partial charge in [-0.15, -0.1) is 0 Å². The number of rotatable bonds is 4. The van der Waals surface area contributed by atoms with Gasteiger partial charge in [0.25, 0.3) is 0 Å². The molecule has 0 heterocycles. The zero-order valence-corrected chi connectivity index (χ0v) is 9.03. The van der Waals surface area contributed by atoms with Crippen molar-refractivity contribution in [3.05, 3.63) is 0 Å². The van der Waals surface area contributed by atoms with Gasteiger partial charge in [0.15, 0.2) is 5.75 Å². The Kier molecular flexibility index (Phi) is 4.06. The van der Waals surface area contributed by atoms with Crippen LogP contribution < -0.4 is 4.72 Å². The highest BCUT2D eigenvalue weighted by atomic mass is 32.2. The molecule has 0 aromatic rings. The molecule has 1 aliphatic rings. The van der Waals surface area contributed by atoms with Gasteiger partial charge in [0.05, 0.1) is 6.10 Å². The SMILES string of the molecule is O=C(O)CS(=O)(=O)NC1CCCC(O)C1. The second-order valence-electron chi connectivity index (χ2n) is 3.79. The van der Waals surface area contributed by atoms with E-state index in [1.54, 1.807) is 0 Å². The maximum absolute atomic E-state index is 11.2. The van der Waals surface area contributed by atoms with E-state index in [0.29, 0.717) is 19.3 Å². The zero-order valence-electron chi connectivity index (χ0n) is 8.22. The lowest BCUT2D eigenvalue weighted by Gasteiger charge is -2.26. The molecule has 0 amide bonds. The normalized spacial score (nSPS) is 27.5. The van der Waals surface area contributed by atoms with E-state index < -0.39 is 27.8 Å². The maximum Gasteiger partial charge on any atom is 0.320 e. The van der Waals surface area contributed by atoms with Gasteiger partial charge in [-0.1, -0.05) is 0 Å². The minimum Gasteiger partial charge on any atom is -0.480 e. The lowest BCUT2D eigenvalue weighted by molar-refractivity contribution is -0.134. The molecule has 0 aliphatic heterocycles. The monoisotopic (exact) mass is 237 g/mol. The van der Waals surface area contributed by atoms with Crippen LogP contribution in [0.4, 0.5) is 0 Å². The Morgan fingerprint density at radius 2 is 2.07 bits per heavy atom. The standard InChI is InChI=1S/C8H15NO5S/c10-7-3-1-2-6(4-7)9-15(13,14)5-8(11)12/h6-7,9-10H,1-5H2,(H,11,12).